The number of ether oxygens (including phenoxy) is 5. The number of hydrogen-bond donors (Lipinski definition) is 4. The van der Waals surface area contributed by atoms with E-state index in [1.54, 1.807) is 0 Å². The van der Waals surface area contributed by atoms with E-state index in [4.69, 9.17) is 23.7 Å². The Labute approximate surface area is 224 Å². The summed E-state index contributed by atoms with van der Waals surface area (Å²) in [5.74, 6) is -5.93. The minimum Gasteiger partial charge on any atom is -0.459 e. The van der Waals surface area contributed by atoms with Gasteiger partial charge in [0, 0.05) is 32.1 Å². The number of carbonyl (C=O) groups excluding carboxylic acids is 4. The summed E-state index contributed by atoms with van der Waals surface area (Å²) in [5.41, 5.74) is -5.61. The smallest absolute Gasteiger partial charge is 0.312 e. The van der Waals surface area contributed by atoms with Gasteiger partial charge in [0.15, 0.2) is 17.8 Å². The molecular weight excluding hydrogens is 520 g/mol. The molecule has 13 heteroatoms. The van der Waals surface area contributed by atoms with Crippen LogP contribution in [0.25, 0.3) is 0 Å². The fourth-order valence-electron chi connectivity index (χ4n) is 6.44. The van der Waals surface area contributed by atoms with E-state index in [0.717, 1.165) is 20.8 Å². The van der Waals surface area contributed by atoms with Gasteiger partial charge in [-0.15, -0.1) is 0 Å². The highest BCUT2D eigenvalue weighted by Gasteiger charge is 2.79. The topological polar surface area (TPSA) is 199 Å². The van der Waals surface area contributed by atoms with Gasteiger partial charge in [-0.3, -0.25) is 19.2 Å². The van der Waals surface area contributed by atoms with E-state index in [9.17, 15) is 39.6 Å². The maximum atomic E-state index is 12.8. The monoisotopic (exact) mass is 554 g/mol. The minimum atomic E-state index is -2.30. The van der Waals surface area contributed by atoms with Crippen molar-refractivity contribution in [3.8, 4) is 0 Å². The molecule has 2 aliphatic heterocycles. The number of epoxide rings is 1. The second-order valence-corrected chi connectivity index (χ2v) is 10.8. The predicted molar refractivity (Wildman–Crippen MR) is 127 cm³/mol. The van der Waals surface area contributed by atoms with E-state index < -0.39 is 95.6 Å². The highest BCUT2D eigenvalue weighted by Crippen LogP contribution is 2.61. The average molecular weight is 555 g/mol. The van der Waals surface area contributed by atoms with Gasteiger partial charge in [-0.1, -0.05) is 13.0 Å². The van der Waals surface area contributed by atoms with Crippen LogP contribution in [0.4, 0.5) is 0 Å². The number of aliphatic hydroxyl groups excluding tert-OH is 3. The molecule has 0 aromatic carbocycles. The lowest BCUT2D eigenvalue weighted by molar-refractivity contribution is -0.273. The summed E-state index contributed by atoms with van der Waals surface area (Å²) in [5, 5.41) is 45.5. The van der Waals surface area contributed by atoms with E-state index in [1.807, 2.05) is 0 Å². The molecule has 0 aromatic rings. The Morgan fingerprint density at radius 2 is 1.64 bits per heavy atom. The maximum absolute atomic E-state index is 12.8. The maximum Gasteiger partial charge on any atom is 0.312 e. The molecular formula is C26H34O13. The number of aliphatic hydroxyl groups is 4. The third-order valence-corrected chi connectivity index (χ3v) is 8.47. The molecule has 11 atom stereocenters. The van der Waals surface area contributed by atoms with Crippen molar-refractivity contribution in [3.05, 3.63) is 23.8 Å². The summed E-state index contributed by atoms with van der Waals surface area (Å²) >= 11 is 0. The first kappa shape index (κ1) is 29.2. The normalized spacial score (nSPS) is 47.0. The Morgan fingerprint density at radius 1 is 1.05 bits per heavy atom. The molecule has 4 aliphatic rings. The van der Waals surface area contributed by atoms with Gasteiger partial charge < -0.3 is 44.1 Å². The van der Waals surface area contributed by atoms with Crippen molar-refractivity contribution in [1.82, 2.24) is 0 Å². The number of hydrogen-bond acceptors (Lipinski definition) is 13. The second-order valence-electron chi connectivity index (χ2n) is 10.8. The average Bonchev–Trinajstić information content (AvgIpc) is 3.61. The third-order valence-electron chi connectivity index (χ3n) is 8.47. The van der Waals surface area contributed by atoms with Gasteiger partial charge in [0.1, 0.15) is 30.0 Å². The van der Waals surface area contributed by atoms with Gasteiger partial charge in [0.05, 0.1) is 19.1 Å². The standard InChI is InChI=1S/C26H34O13/c1-11-23(33)39-17-8-15(9-27)6-7-16(36-12(2)28)24(5)19(22(26(11,17)34)38-14(4)30)25(10-35-25)21(32)18(20(24)31)37-13(3)29/h6-8,11,16-22,27,31-32,34H,9-10H2,1-5H3/b7-6-,15-8+/t11-,16-,17-,18+,19-,20-,21+,22-,24+,25-,26-/m0/s1. The summed E-state index contributed by atoms with van der Waals surface area (Å²) in [6, 6.07) is 0. The summed E-state index contributed by atoms with van der Waals surface area (Å²) in [6.45, 7) is 5.36. The predicted octanol–water partition coefficient (Wildman–Crippen LogP) is -1.31. The molecule has 2 heterocycles. The number of carbonyl (C=O) groups is 4. The molecule has 0 amide bonds. The lowest BCUT2D eigenvalue weighted by Crippen LogP contribution is -2.75. The van der Waals surface area contributed by atoms with E-state index in [0.29, 0.717) is 0 Å². The largest absolute Gasteiger partial charge is 0.459 e. The Morgan fingerprint density at radius 3 is 2.15 bits per heavy atom. The SMILES string of the molecule is CC(=O)O[C@H]1[C@@H](O)[C@]2(CO2)[C@H]2[C@H](OC(C)=O)[C@@]3(O)[C@H](/C=C(CO)\C=C/[C@H](OC(C)=O)[C@@]2(C)[C@H]1O)OC(=O)[C@@H]3C. The van der Waals surface area contributed by atoms with Crippen molar-refractivity contribution in [2.24, 2.45) is 17.3 Å². The molecule has 13 nitrogen and oxygen atoms in total. The quantitative estimate of drug-likeness (QED) is 0.182. The molecule has 0 bridgehead atoms. The van der Waals surface area contributed by atoms with Crippen LogP contribution in [0, 0.1) is 17.3 Å². The highest BCUT2D eigenvalue weighted by atomic mass is 16.6. The summed E-state index contributed by atoms with van der Waals surface area (Å²) in [7, 11) is 0. The molecule has 2 saturated heterocycles. The van der Waals surface area contributed by atoms with Crippen molar-refractivity contribution in [1.29, 1.82) is 0 Å². The minimum absolute atomic E-state index is 0.153. The third kappa shape index (κ3) is 4.45. The zero-order valence-electron chi connectivity index (χ0n) is 22.2. The van der Waals surface area contributed by atoms with E-state index in [1.165, 1.54) is 32.1 Å². The molecule has 4 rings (SSSR count). The molecule has 0 aromatic heterocycles. The first-order valence-corrected chi connectivity index (χ1v) is 12.6. The van der Waals surface area contributed by atoms with Crippen molar-refractivity contribution in [2.45, 2.75) is 82.4 Å². The van der Waals surface area contributed by atoms with Crippen LogP contribution >= 0.6 is 0 Å². The molecule has 39 heavy (non-hydrogen) atoms. The van der Waals surface area contributed by atoms with Crippen molar-refractivity contribution in [3.63, 3.8) is 0 Å². The Bertz CT molecular complexity index is 1110. The van der Waals surface area contributed by atoms with Crippen LogP contribution in [0.2, 0.25) is 0 Å². The van der Waals surface area contributed by atoms with Crippen LogP contribution in [0.15, 0.2) is 23.8 Å². The van der Waals surface area contributed by atoms with Gasteiger partial charge in [-0.05, 0) is 24.6 Å². The van der Waals surface area contributed by atoms with Crippen LogP contribution < -0.4 is 0 Å². The lowest BCUT2D eigenvalue weighted by Gasteiger charge is -2.58. The first-order valence-electron chi connectivity index (χ1n) is 12.6. The van der Waals surface area contributed by atoms with Crippen LogP contribution in [0.5, 0.6) is 0 Å². The number of fused-ring (bicyclic) bond motifs is 3. The fourth-order valence-corrected chi connectivity index (χ4v) is 6.44. The van der Waals surface area contributed by atoms with E-state index >= 15 is 0 Å². The summed E-state index contributed by atoms with van der Waals surface area (Å²) in [6.07, 6.45) is -5.47. The van der Waals surface area contributed by atoms with Gasteiger partial charge >= 0.3 is 23.9 Å². The summed E-state index contributed by atoms with van der Waals surface area (Å²) in [4.78, 5) is 49.5. The van der Waals surface area contributed by atoms with Crippen LogP contribution in [0.3, 0.4) is 0 Å². The van der Waals surface area contributed by atoms with Crippen LogP contribution in [-0.2, 0) is 42.9 Å². The Balaban J connectivity index is 2.06. The van der Waals surface area contributed by atoms with Crippen molar-refractivity contribution in [2.75, 3.05) is 13.2 Å². The van der Waals surface area contributed by atoms with E-state index in [2.05, 4.69) is 0 Å². The molecule has 1 spiro atoms. The molecule has 1 saturated carbocycles. The van der Waals surface area contributed by atoms with Crippen LogP contribution in [-0.4, -0.2) is 105 Å². The van der Waals surface area contributed by atoms with Gasteiger partial charge in [0.25, 0.3) is 0 Å². The molecule has 0 unspecified atom stereocenters. The zero-order chi connectivity index (χ0) is 29.1. The summed E-state index contributed by atoms with van der Waals surface area (Å²) < 4.78 is 27.9. The molecule has 3 fully saturated rings. The second kappa shape index (κ2) is 9.97. The van der Waals surface area contributed by atoms with Gasteiger partial charge in [-0.25, -0.2) is 0 Å². The lowest BCUT2D eigenvalue weighted by atomic mass is 9.51. The first-order chi connectivity index (χ1) is 18.1. The van der Waals surface area contributed by atoms with Gasteiger partial charge in [-0.2, -0.15) is 0 Å². The van der Waals surface area contributed by atoms with Crippen molar-refractivity contribution < 1.29 is 63.3 Å². The van der Waals surface area contributed by atoms with Gasteiger partial charge in [0.2, 0.25) is 0 Å². The highest BCUT2D eigenvalue weighted by molar-refractivity contribution is 5.78. The number of rotatable bonds is 4. The van der Waals surface area contributed by atoms with E-state index in [-0.39, 0.29) is 12.2 Å². The molecule has 2 aliphatic carbocycles. The molecule has 216 valence electrons. The Kier molecular flexibility index (Phi) is 7.45. The van der Waals surface area contributed by atoms with Crippen LogP contribution in [0.1, 0.15) is 34.6 Å². The van der Waals surface area contributed by atoms with Crippen molar-refractivity contribution >= 4 is 23.9 Å². The number of esters is 4. The Hall–Kier alpha value is -2.84. The molecule has 0 radical (unpaired) electrons. The fraction of sp³-hybridized carbons (Fsp3) is 0.692. The molecule has 4 N–H and O–H groups in total. The zero-order valence-corrected chi connectivity index (χ0v) is 22.2.